The van der Waals surface area contributed by atoms with E-state index in [0.29, 0.717) is 0 Å². The minimum atomic E-state index is 0.261. The number of rotatable bonds is 4. The molecular formula is C18H20BrN. The van der Waals surface area contributed by atoms with Gasteiger partial charge in [0.2, 0.25) is 0 Å². The normalized spacial score (nSPS) is 16.7. The van der Waals surface area contributed by atoms with E-state index in [0.717, 1.165) is 25.9 Å². The van der Waals surface area contributed by atoms with Gasteiger partial charge in [0.1, 0.15) is 0 Å². The molecule has 20 heavy (non-hydrogen) atoms. The highest BCUT2D eigenvalue weighted by molar-refractivity contribution is 9.10. The van der Waals surface area contributed by atoms with Gasteiger partial charge in [0.25, 0.3) is 0 Å². The third-order valence-corrected chi connectivity index (χ3v) is 4.83. The number of nitrogens with one attached hydrogen (secondary N) is 1. The van der Waals surface area contributed by atoms with Gasteiger partial charge in [-0.3, -0.25) is 0 Å². The van der Waals surface area contributed by atoms with E-state index >= 15 is 0 Å². The molecule has 3 rings (SSSR count). The van der Waals surface area contributed by atoms with Crippen molar-refractivity contribution in [3.05, 3.63) is 69.7 Å². The highest BCUT2D eigenvalue weighted by atomic mass is 79.9. The molecular weight excluding hydrogens is 310 g/mol. The lowest BCUT2D eigenvalue weighted by Crippen LogP contribution is -2.58. The standard InChI is InChI=1S/C18H20BrN/c1-2-14-6-8-15(9-7-14)11-18(12-20-13-18)16-4-3-5-17(19)10-16/h3-10,20H,2,11-13H2,1H3. The Kier molecular flexibility index (Phi) is 3.95. The lowest BCUT2D eigenvalue weighted by molar-refractivity contribution is 0.274. The maximum Gasteiger partial charge on any atom is 0.0243 e. The zero-order valence-corrected chi connectivity index (χ0v) is 13.4. The van der Waals surface area contributed by atoms with Crippen molar-refractivity contribution in [1.82, 2.24) is 5.32 Å². The third kappa shape index (κ3) is 2.68. The van der Waals surface area contributed by atoms with Crippen LogP contribution < -0.4 is 5.32 Å². The zero-order valence-electron chi connectivity index (χ0n) is 11.8. The van der Waals surface area contributed by atoms with Crippen molar-refractivity contribution in [2.45, 2.75) is 25.2 Å². The van der Waals surface area contributed by atoms with Crippen LogP contribution in [0.4, 0.5) is 0 Å². The molecule has 1 saturated heterocycles. The molecule has 1 heterocycles. The maximum atomic E-state index is 3.59. The molecule has 0 amide bonds. The summed E-state index contributed by atoms with van der Waals surface area (Å²) in [4.78, 5) is 0. The summed E-state index contributed by atoms with van der Waals surface area (Å²) in [5.74, 6) is 0. The van der Waals surface area contributed by atoms with Crippen LogP contribution in [0.2, 0.25) is 0 Å². The number of hydrogen-bond acceptors (Lipinski definition) is 1. The second-order valence-corrected chi connectivity index (χ2v) is 6.66. The van der Waals surface area contributed by atoms with E-state index < -0.39 is 0 Å². The summed E-state index contributed by atoms with van der Waals surface area (Å²) in [6.45, 7) is 4.34. The van der Waals surface area contributed by atoms with Crippen LogP contribution in [0.15, 0.2) is 53.0 Å². The van der Waals surface area contributed by atoms with Gasteiger partial charge in [-0.2, -0.15) is 0 Å². The van der Waals surface area contributed by atoms with Gasteiger partial charge in [0.15, 0.2) is 0 Å². The van der Waals surface area contributed by atoms with Crippen LogP contribution in [0, 0.1) is 0 Å². The predicted octanol–water partition coefficient (Wildman–Crippen LogP) is 4.10. The molecule has 2 heteroatoms. The average molecular weight is 330 g/mol. The lowest BCUT2D eigenvalue weighted by Gasteiger charge is -2.43. The second-order valence-electron chi connectivity index (χ2n) is 5.74. The monoisotopic (exact) mass is 329 g/mol. The molecule has 104 valence electrons. The number of aryl methyl sites for hydroxylation is 1. The van der Waals surface area contributed by atoms with Gasteiger partial charge in [0, 0.05) is 23.0 Å². The van der Waals surface area contributed by atoms with E-state index in [1.807, 2.05) is 0 Å². The largest absolute Gasteiger partial charge is 0.315 e. The molecule has 2 aromatic carbocycles. The topological polar surface area (TPSA) is 12.0 Å². The molecule has 0 spiro atoms. The van der Waals surface area contributed by atoms with Crippen molar-refractivity contribution in [3.63, 3.8) is 0 Å². The Labute approximate surface area is 129 Å². The van der Waals surface area contributed by atoms with E-state index in [1.54, 1.807) is 0 Å². The first-order valence-electron chi connectivity index (χ1n) is 7.26. The van der Waals surface area contributed by atoms with Crippen molar-refractivity contribution >= 4 is 15.9 Å². The number of halogens is 1. The summed E-state index contributed by atoms with van der Waals surface area (Å²) in [7, 11) is 0. The van der Waals surface area contributed by atoms with Crippen LogP contribution in [0.3, 0.4) is 0 Å². The molecule has 1 fully saturated rings. The van der Waals surface area contributed by atoms with Crippen LogP contribution >= 0.6 is 15.9 Å². The lowest BCUT2D eigenvalue weighted by atomic mass is 9.71. The Balaban J connectivity index is 1.85. The maximum absolute atomic E-state index is 3.59. The van der Waals surface area contributed by atoms with Crippen LogP contribution in [0.5, 0.6) is 0 Å². The first kappa shape index (κ1) is 13.8. The molecule has 0 unspecified atom stereocenters. The summed E-state index contributed by atoms with van der Waals surface area (Å²) < 4.78 is 1.17. The van der Waals surface area contributed by atoms with Crippen molar-refractivity contribution in [1.29, 1.82) is 0 Å². The van der Waals surface area contributed by atoms with E-state index in [2.05, 4.69) is 76.7 Å². The van der Waals surface area contributed by atoms with Crippen molar-refractivity contribution in [3.8, 4) is 0 Å². The number of hydrogen-bond donors (Lipinski definition) is 1. The summed E-state index contributed by atoms with van der Waals surface area (Å²) >= 11 is 3.59. The predicted molar refractivity (Wildman–Crippen MR) is 88.2 cm³/mol. The van der Waals surface area contributed by atoms with E-state index in [1.165, 1.54) is 21.2 Å². The second kappa shape index (κ2) is 5.71. The Morgan fingerprint density at radius 2 is 1.75 bits per heavy atom. The van der Waals surface area contributed by atoms with E-state index in [4.69, 9.17) is 0 Å². The van der Waals surface area contributed by atoms with Crippen LogP contribution in [-0.2, 0) is 18.3 Å². The van der Waals surface area contributed by atoms with E-state index in [-0.39, 0.29) is 5.41 Å². The molecule has 1 nitrogen and oxygen atoms in total. The summed E-state index contributed by atoms with van der Waals surface area (Å²) in [5.41, 5.74) is 4.54. The highest BCUT2D eigenvalue weighted by Crippen LogP contribution is 2.33. The van der Waals surface area contributed by atoms with Crippen LogP contribution in [0.25, 0.3) is 0 Å². The van der Waals surface area contributed by atoms with E-state index in [9.17, 15) is 0 Å². The van der Waals surface area contributed by atoms with Gasteiger partial charge in [-0.15, -0.1) is 0 Å². The molecule has 0 bridgehead atoms. The molecule has 2 aromatic rings. The smallest absolute Gasteiger partial charge is 0.0243 e. The summed E-state index contributed by atoms with van der Waals surface area (Å²) in [6.07, 6.45) is 2.22. The van der Waals surface area contributed by atoms with Crippen molar-refractivity contribution in [2.24, 2.45) is 0 Å². The van der Waals surface area contributed by atoms with Gasteiger partial charge >= 0.3 is 0 Å². The summed E-state index contributed by atoms with van der Waals surface area (Å²) in [6, 6.07) is 17.9. The minimum Gasteiger partial charge on any atom is -0.315 e. The molecule has 1 N–H and O–H groups in total. The van der Waals surface area contributed by atoms with Gasteiger partial charge in [-0.05, 0) is 41.7 Å². The van der Waals surface area contributed by atoms with Gasteiger partial charge in [-0.25, -0.2) is 0 Å². The molecule has 0 aromatic heterocycles. The molecule has 1 aliphatic heterocycles. The molecule has 1 aliphatic rings. The SMILES string of the molecule is CCc1ccc(CC2(c3cccc(Br)c3)CNC2)cc1. The zero-order chi connectivity index (χ0) is 14.0. The van der Waals surface area contributed by atoms with Gasteiger partial charge < -0.3 is 5.32 Å². The highest BCUT2D eigenvalue weighted by Gasteiger charge is 2.38. The van der Waals surface area contributed by atoms with Crippen LogP contribution in [-0.4, -0.2) is 13.1 Å². The van der Waals surface area contributed by atoms with Gasteiger partial charge in [0.05, 0.1) is 0 Å². The molecule has 0 aliphatic carbocycles. The number of benzene rings is 2. The first-order valence-corrected chi connectivity index (χ1v) is 8.06. The van der Waals surface area contributed by atoms with Crippen molar-refractivity contribution in [2.75, 3.05) is 13.1 Å². The average Bonchev–Trinajstić information content (AvgIpc) is 2.43. The molecule has 0 radical (unpaired) electrons. The first-order chi connectivity index (χ1) is 9.72. The third-order valence-electron chi connectivity index (χ3n) is 4.34. The Morgan fingerprint density at radius 1 is 1.05 bits per heavy atom. The van der Waals surface area contributed by atoms with Crippen LogP contribution in [0.1, 0.15) is 23.6 Å². The fraction of sp³-hybridized carbons (Fsp3) is 0.333. The fourth-order valence-electron chi connectivity index (χ4n) is 2.96. The fourth-order valence-corrected chi connectivity index (χ4v) is 3.36. The quantitative estimate of drug-likeness (QED) is 0.890. The summed E-state index contributed by atoms with van der Waals surface area (Å²) in [5, 5.41) is 3.45. The van der Waals surface area contributed by atoms with Crippen molar-refractivity contribution < 1.29 is 0 Å². The van der Waals surface area contributed by atoms with Gasteiger partial charge in [-0.1, -0.05) is 59.3 Å². The Morgan fingerprint density at radius 3 is 2.30 bits per heavy atom. The Bertz CT molecular complexity index is 585. The Hall–Kier alpha value is -1.12. The molecule has 0 saturated carbocycles. The molecule has 0 atom stereocenters. The minimum absolute atomic E-state index is 0.261.